The standard InChI is InChI=1S/C14H24N4O3/c1-20-10-12(19)9-18-7-4-11(5-8-18)16-14-15-6-3-13(17-14)21-2/h3,6,11-12,19H,4-5,7-10H2,1-2H3,(H,15,16,17)/t12-/m0/s1. The first kappa shape index (κ1) is 15.9. The minimum Gasteiger partial charge on any atom is -0.481 e. The van der Waals surface area contributed by atoms with Gasteiger partial charge in [0.15, 0.2) is 0 Å². The van der Waals surface area contributed by atoms with E-state index in [0.29, 0.717) is 31.0 Å². The molecule has 1 fully saturated rings. The molecule has 1 saturated heterocycles. The number of nitrogens with zero attached hydrogens (tertiary/aromatic N) is 3. The number of hydrogen-bond donors (Lipinski definition) is 2. The fourth-order valence-corrected chi connectivity index (χ4v) is 2.51. The Labute approximate surface area is 125 Å². The third kappa shape index (κ3) is 5.11. The highest BCUT2D eigenvalue weighted by Gasteiger charge is 2.21. The summed E-state index contributed by atoms with van der Waals surface area (Å²) in [5, 5.41) is 13.1. The van der Waals surface area contributed by atoms with Gasteiger partial charge in [-0.2, -0.15) is 4.98 Å². The highest BCUT2D eigenvalue weighted by atomic mass is 16.5. The molecule has 1 aromatic heterocycles. The molecule has 0 unspecified atom stereocenters. The number of β-amino-alcohol motifs (C(OH)–C–C–N with tert-alkyl or cyclic N) is 1. The number of methoxy groups -OCH3 is 2. The Bertz CT molecular complexity index is 424. The lowest BCUT2D eigenvalue weighted by atomic mass is 10.0. The summed E-state index contributed by atoms with van der Waals surface area (Å²) >= 11 is 0. The van der Waals surface area contributed by atoms with Crippen LogP contribution in [0.5, 0.6) is 5.88 Å². The highest BCUT2D eigenvalue weighted by molar-refractivity contribution is 5.28. The van der Waals surface area contributed by atoms with Crippen LogP contribution in [0.1, 0.15) is 12.8 Å². The zero-order valence-corrected chi connectivity index (χ0v) is 12.7. The van der Waals surface area contributed by atoms with E-state index in [9.17, 15) is 5.11 Å². The summed E-state index contributed by atoms with van der Waals surface area (Å²) in [6, 6.07) is 2.08. The van der Waals surface area contributed by atoms with Crippen LogP contribution in [0.3, 0.4) is 0 Å². The monoisotopic (exact) mass is 296 g/mol. The highest BCUT2D eigenvalue weighted by Crippen LogP contribution is 2.15. The molecule has 2 rings (SSSR count). The minimum atomic E-state index is -0.416. The Morgan fingerprint density at radius 3 is 2.86 bits per heavy atom. The van der Waals surface area contributed by atoms with Crippen LogP contribution >= 0.6 is 0 Å². The number of likely N-dealkylation sites (tertiary alicyclic amines) is 1. The van der Waals surface area contributed by atoms with Crippen molar-refractivity contribution in [1.29, 1.82) is 0 Å². The maximum absolute atomic E-state index is 9.74. The van der Waals surface area contributed by atoms with Gasteiger partial charge in [0.2, 0.25) is 11.8 Å². The van der Waals surface area contributed by atoms with Gasteiger partial charge in [0.05, 0.1) is 19.8 Å². The fourth-order valence-electron chi connectivity index (χ4n) is 2.51. The Morgan fingerprint density at radius 2 is 2.19 bits per heavy atom. The van der Waals surface area contributed by atoms with Gasteiger partial charge in [0, 0.05) is 45.0 Å². The SMILES string of the molecule is COC[C@@H](O)CN1CCC(Nc2nccc(OC)n2)CC1. The quantitative estimate of drug-likeness (QED) is 0.752. The molecule has 21 heavy (non-hydrogen) atoms. The second-order valence-corrected chi connectivity index (χ2v) is 5.25. The van der Waals surface area contributed by atoms with E-state index in [1.165, 1.54) is 0 Å². The van der Waals surface area contributed by atoms with Crippen LogP contribution in [0.2, 0.25) is 0 Å². The molecule has 7 heteroatoms. The van der Waals surface area contributed by atoms with Crippen LogP contribution < -0.4 is 10.1 Å². The second-order valence-electron chi connectivity index (χ2n) is 5.25. The average molecular weight is 296 g/mol. The Kier molecular flexibility index (Phi) is 6.16. The van der Waals surface area contributed by atoms with Crippen molar-refractivity contribution in [3.8, 4) is 5.88 Å². The number of aliphatic hydroxyl groups excluding tert-OH is 1. The second kappa shape index (κ2) is 8.11. The molecule has 1 aromatic rings. The van der Waals surface area contributed by atoms with Crippen molar-refractivity contribution < 1.29 is 14.6 Å². The van der Waals surface area contributed by atoms with Gasteiger partial charge in [0.25, 0.3) is 0 Å². The van der Waals surface area contributed by atoms with E-state index in [2.05, 4.69) is 20.2 Å². The summed E-state index contributed by atoms with van der Waals surface area (Å²) in [6.07, 6.45) is 3.27. The van der Waals surface area contributed by atoms with Gasteiger partial charge in [-0.25, -0.2) is 4.98 Å². The topological polar surface area (TPSA) is 79.7 Å². The van der Waals surface area contributed by atoms with Crippen LogP contribution in [0, 0.1) is 0 Å². The third-order valence-corrected chi connectivity index (χ3v) is 3.59. The van der Waals surface area contributed by atoms with Crippen molar-refractivity contribution in [2.24, 2.45) is 0 Å². The summed E-state index contributed by atoms with van der Waals surface area (Å²) in [5.41, 5.74) is 0. The van der Waals surface area contributed by atoms with Crippen LogP contribution in [0.4, 0.5) is 5.95 Å². The molecule has 0 amide bonds. The van der Waals surface area contributed by atoms with Crippen molar-refractivity contribution in [1.82, 2.24) is 14.9 Å². The summed E-state index contributed by atoms with van der Waals surface area (Å²) in [7, 11) is 3.20. The number of ether oxygens (including phenoxy) is 2. The molecule has 118 valence electrons. The van der Waals surface area contributed by atoms with Gasteiger partial charge in [-0.3, -0.25) is 0 Å². The molecular weight excluding hydrogens is 272 g/mol. The van der Waals surface area contributed by atoms with Crippen LogP contribution in [0.25, 0.3) is 0 Å². The zero-order chi connectivity index (χ0) is 15.1. The average Bonchev–Trinajstić information content (AvgIpc) is 2.50. The number of aliphatic hydroxyl groups is 1. The van der Waals surface area contributed by atoms with E-state index in [-0.39, 0.29) is 0 Å². The van der Waals surface area contributed by atoms with Crippen LogP contribution in [0.15, 0.2) is 12.3 Å². The lowest BCUT2D eigenvalue weighted by Crippen LogP contribution is -2.43. The van der Waals surface area contributed by atoms with Crippen molar-refractivity contribution in [3.05, 3.63) is 12.3 Å². The summed E-state index contributed by atoms with van der Waals surface area (Å²) in [6.45, 7) is 2.94. The number of anilines is 1. The van der Waals surface area contributed by atoms with Crippen molar-refractivity contribution in [2.75, 3.05) is 45.8 Å². The largest absolute Gasteiger partial charge is 0.481 e. The normalized spacial score (nSPS) is 18.4. The smallest absolute Gasteiger partial charge is 0.226 e. The molecule has 0 bridgehead atoms. The molecule has 0 radical (unpaired) electrons. The van der Waals surface area contributed by atoms with E-state index in [4.69, 9.17) is 9.47 Å². The Balaban J connectivity index is 1.76. The lowest BCUT2D eigenvalue weighted by Gasteiger charge is -2.33. The lowest BCUT2D eigenvalue weighted by molar-refractivity contribution is 0.0327. The number of aromatic nitrogens is 2. The van der Waals surface area contributed by atoms with E-state index >= 15 is 0 Å². The van der Waals surface area contributed by atoms with E-state index in [0.717, 1.165) is 25.9 Å². The number of rotatable bonds is 7. The summed E-state index contributed by atoms with van der Waals surface area (Å²) in [5.74, 6) is 1.17. The first-order chi connectivity index (χ1) is 10.2. The molecular formula is C14H24N4O3. The molecule has 2 N–H and O–H groups in total. The molecule has 7 nitrogen and oxygen atoms in total. The molecule has 1 aliphatic rings. The summed E-state index contributed by atoms with van der Waals surface area (Å²) in [4.78, 5) is 10.7. The van der Waals surface area contributed by atoms with Gasteiger partial charge >= 0.3 is 0 Å². The summed E-state index contributed by atoms with van der Waals surface area (Å²) < 4.78 is 10.0. The van der Waals surface area contributed by atoms with Crippen LogP contribution in [-0.2, 0) is 4.74 Å². The van der Waals surface area contributed by atoms with E-state index in [1.807, 2.05) is 0 Å². The first-order valence-corrected chi connectivity index (χ1v) is 7.24. The zero-order valence-electron chi connectivity index (χ0n) is 12.7. The Hall–Kier alpha value is -1.44. The molecule has 0 aromatic carbocycles. The molecule has 0 spiro atoms. The molecule has 2 heterocycles. The first-order valence-electron chi connectivity index (χ1n) is 7.24. The minimum absolute atomic E-state index is 0.355. The van der Waals surface area contributed by atoms with E-state index in [1.54, 1.807) is 26.5 Å². The predicted molar refractivity (Wildman–Crippen MR) is 79.6 cm³/mol. The van der Waals surface area contributed by atoms with Crippen molar-refractivity contribution >= 4 is 5.95 Å². The molecule has 0 saturated carbocycles. The van der Waals surface area contributed by atoms with Gasteiger partial charge in [0.1, 0.15) is 0 Å². The van der Waals surface area contributed by atoms with Gasteiger partial charge in [-0.1, -0.05) is 0 Å². The van der Waals surface area contributed by atoms with Crippen molar-refractivity contribution in [2.45, 2.75) is 25.0 Å². The number of nitrogens with one attached hydrogen (secondary N) is 1. The van der Waals surface area contributed by atoms with E-state index < -0.39 is 6.10 Å². The van der Waals surface area contributed by atoms with Gasteiger partial charge < -0.3 is 24.8 Å². The van der Waals surface area contributed by atoms with Crippen molar-refractivity contribution in [3.63, 3.8) is 0 Å². The molecule has 0 aliphatic carbocycles. The number of piperidine rings is 1. The predicted octanol–water partition coefficient (Wildman–Crippen LogP) is 0.369. The maximum atomic E-state index is 9.74. The maximum Gasteiger partial charge on any atom is 0.226 e. The van der Waals surface area contributed by atoms with Gasteiger partial charge in [-0.05, 0) is 12.8 Å². The molecule has 1 aliphatic heterocycles. The van der Waals surface area contributed by atoms with Crippen LogP contribution in [-0.4, -0.2) is 72.6 Å². The third-order valence-electron chi connectivity index (χ3n) is 3.59. The fraction of sp³-hybridized carbons (Fsp3) is 0.714. The number of hydrogen-bond acceptors (Lipinski definition) is 7. The molecule has 1 atom stereocenters. The Morgan fingerprint density at radius 1 is 1.43 bits per heavy atom. The van der Waals surface area contributed by atoms with Gasteiger partial charge in [-0.15, -0.1) is 0 Å².